The van der Waals surface area contributed by atoms with E-state index >= 15 is 0 Å². The standard InChI is InChI=1S/C36H47N8O12P/c1-24(2)52-35(47)25(3)41-57(48,56-26-7-5-4-6-8-26)51-22-36(21-37)33(54-30(46)20-43-13-17-50-18-14-43)32(53-29(45)19-42-11-15-49-16-12-42)31(55-36)27-9-10-28-34(38)39-23-40-44(27)28/h4-10,23-25,31-33H,11-20,22H2,1-3H3,(H,41,48)(H2,38,39,40)/t25?,31-,32-,33-,36+,57-/m0/s1. The van der Waals surface area contributed by atoms with E-state index < -0.39 is 68.3 Å². The third-order valence-corrected chi connectivity index (χ3v) is 10.9. The van der Waals surface area contributed by atoms with Gasteiger partial charge < -0.3 is 38.7 Å². The smallest absolute Gasteiger partial charge is 0.459 e. The van der Waals surface area contributed by atoms with Gasteiger partial charge in [-0.3, -0.25) is 28.7 Å². The van der Waals surface area contributed by atoms with E-state index in [0.717, 1.165) is 0 Å². The summed E-state index contributed by atoms with van der Waals surface area (Å²) in [4.78, 5) is 48.0. The van der Waals surface area contributed by atoms with Crippen LogP contribution < -0.4 is 15.3 Å². The fraction of sp³-hybridized carbons (Fsp3) is 0.556. The van der Waals surface area contributed by atoms with Gasteiger partial charge in [0, 0.05) is 26.2 Å². The first kappa shape index (κ1) is 41.9. The van der Waals surface area contributed by atoms with Gasteiger partial charge in [0.25, 0.3) is 0 Å². The first-order valence-electron chi connectivity index (χ1n) is 18.5. The lowest BCUT2D eigenvalue weighted by atomic mass is 9.95. The molecule has 5 heterocycles. The van der Waals surface area contributed by atoms with Crippen LogP contribution in [0.1, 0.15) is 32.6 Å². The number of carbonyl (C=O) groups is 3. The van der Waals surface area contributed by atoms with Crippen LogP contribution in [0.2, 0.25) is 0 Å². The summed E-state index contributed by atoms with van der Waals surface area (Å²) in [6.45, 7) is 6.99. The number of nitrogens with one attached hydrogen (secondary N) is 1. The van der Waals surface area contributed by atoms with Crippen LogP contribution in [-0.4, -0.2) is 145 Å². The summed E-state index contributed by atoms with van der Waals surface area (Å²) < 4.78 is 62.7. The number of esters is 3. The summed E-state index contributed by atoms with van der Waals surface area (Å²) in [5.41, 5.74) is 4.48. The first-order chi connectivity index (χ1) is 27.4. The molecule has 0 radical (unpaired) electrons. The second-order valence-corrected chi connectivity index (χ2v) is 15.6. The minimum Gasteiger partial charge on any atom is -0.462 e. The third-order valence-electron chi connectivity index (χ3n) is 9.30. The van der Waals surface area contributed by atoms with Crippen LogP contribution in [-0.2, 0) is 51.9 Å². The number of nitrogen functional groups attached to an aromatic ring is 1. The van der Waals surface area contributed by atoms with Crippen LogP contribution in [0, 0.1) is 11.3 Å². The van der Waals surface area contributed by atoms with E-state index in [0.29, 0.717) is 58.1 Å². The second-order valence-electron chi connectivity index (χ2n) is 13.9. The fourth-order valence-corrected chi connectivity index (χ4v) is 8.01. The molecule has 3 aliphatic rings. The Bertz CT molecular complexity index is 1950. The highest BCUT2D eigenvalue weighted by molar-refractivity contribution is 7.52. The number of benzene rings is 1. The van der Waals surface area contributed by atoms with Crippen molar-refractivity contribution in [2.75, 3.05) is 78.0 Å². The SMILES string of the molecule is CC(C)OC(=O)C(C)N[P@](=O)(OC[C@@]1(C#N)O[C@@H](c2ccc3c(N)ncnn23)[C@H](OC(=O)CN2CCOCC2)[C@@H]1OC(=O)CN1CCOCC1)Oc1ccccc1. The Morgan fingerprint density at radius 2 is 1.61 bits per heavy atom. The van der Waals surface area contributed by atoms with Gasteiger partial charge in [-0.1, -0.05) is 18.2 Å². The summed E-state index contributed by atoms with van der Waals surface area (Å²) >= 11 is 0. The number of morpholine rings is 2. The Morgan fingerprint density at radius 1 is 0.982 bits per heavy atom. The van der Waals surface area contributed by atoms with Gasteiger partial charge in [-0.2, -0.15) is 15.4 Å². The molecule has 3 aromatic rings. The van der Waals surface area contributed by atoms with Crippen LogP contribution in [0.4, 0.5) is 5.82 Å². The van der Waals surface area contributed by atoms with Crippen molar-refractivity contribution in [1.82, 2.24) is 29.5 Å². The lowest BCUT2D eigenvalue weighted by Gasteiger charge is -2.32. The molecule has 6 atom stereocenters. The molecule has 0 saturated carbocycles. The van der Waals surface area contributed by atoms with Crippen LogP contribution in [0.15, 0.2) is 48.8 Å². The van der Waals surface area contributed by atoms with E-state index in [9.17, 15) is 24.2 Å². The lowest BCUT2D eigenvalue weighted by molar-refractivity contribution is -0.172. The summed E-state index contributed by atoms with van der Waals surface area (Å²) in [6, 6.07) is 12.1. The highest BCUT2D eigenvalue weighted by Crippen LogP contribution is 2.50. The molecule has 21 heteroatoms. The predicted octanol–water partition coefficient (Wildman–Crippen LogP) is 1.27. The van der Waals surface area contributed by atoms with E-state index in [4.69, 9.17) is 43.2 Å². The number of nitriles is 1. The van der Waals surface area contributed by atoms with E-state index in [-0.39, 0.29) is 30.4 Å². The molecule has 308 valence electrons. The molecule has 3 aliphatic heterocycles. The molecule has 6 rings (SSSR count). The summed E-state index contributed by atoms with van der Waals surface area (Å²) in [5, 5.41) is 18.0. The molecule has 20 nitrogen and oxygen atoms in total. The van der Waals surface area contributed by atoms with Crippen LogP contribution in [0.5, 0.6) is 5.75 Å². The topological polar surface area (TPSA) is 241 Å². The van der Waals surface area contributed by atoms with Crippen molar-refractivity contribution < 1.29 is 56.4 Å². The van der Waals surface area contributed by atoms with Gasteiger partial charge in [0.2, 0.25) is 5.60 Å². The molecule has 3 N–H and O–H groups in total. The number of nitrogens with two attached hydrogens (primary N) is 1. The number of hydrogen-bond donors (Lipinski definition) is 2. The molecule has 0 aliphatic carbocycles. The van der Waals surface area contributed by atoms with E-state index in [1.807, 2.05) is 9.80 Å². The molecule has 0 amide bonds. The Balaban J connectivity index is 1.38. The molecule has 0 bridgehead atoms. The molecule has 57 heavy (non-hydrogen) atoms. The summed E-state index contributed by atoms with van der Waals surface area (Å²) in [5.74, 6) is -1.98. The maximum absolute atomic E-state index is 14.6. The molecular formula is C36H47N8O12P. The number of rotatable bonds is 16. The quantitative estimate of drug-likeness (QED) is 0.118. The van der Waals surface area contributed by atoms with E-state index in [1.54, 1.807) is 44.2 Å². The van der Waals surface area contributed by atoms with Gasteiger partial charge in [0.05, 0.1) is 51.3 Å². The number of aromatic nitrogens is 3. The maximum atomic E-state index is 14.6. The number of ether oxygens (including phenoxy) is 6. The van der Waals surface area contributed by atoms with Gasteiger partial charge in [-0.15, -0.1) is 0 Å². The molecular weight excluding hydrogens is 767 g/mol. The normalized spacial score (nSPS) is 24.6. The van der Waals surface area contributed by atoms with Crippen molar-refractivity contribution >= 4 is 37.0 Å². The number of para-hydroxylation sites is 1. The Labute approximate surface area is 328 Å². The molecule has 0 spiro atoms. The molecule has 3 fully saturated rings. The van der Waals surface area contributed by atoms with Crippen molar-refractivity contribution in [3.63, 3.8) is 0 Å². The summed E-state index contributed by atoms with van der Waals surface area (Å²) in [7, 11) is -4.60. The maximum Gasteiger partial charge on any atom is 0.459 e. The molecule has 2 aromatic heterocycles. The Kier molecular flexibility index (Phi) is 13.7. The van der Waals surface area contributed by atoms with Gasteiger partial charge in [-0.25, -0.2) is 14.1 Å². The molecule has 1 aromatic carbocycles. The van der Waals surface area contributed by atoms with Gasteiger partial charge in [0.15, 0.2) is 18.0 Å². The van der Waals surface area contributed by atoms with E-state index in [2.05, 4.69) is 21.2 Å². The zero-order valence-corrected chi connectivity index (χ0v) is 32.8. The zero-order chi connectivity index (χ0) is 40.6. The third kappa shape index (κ3) is 10.4. The van der Waals surface area contributed by atoms with Crippen LogP contribution >= 0.6 is 7.75 Å². The van der Waals surface area contributed by atoms with E-state index in [1.165, 1.54) is 29.9 Å². The van der Waals surface area contributed by atoms with Gasteiger partial charge in [-0.05, 0) is 45.0 Å². The number of fused-ring (bicyclic) bond motifs is 1. The summed E-state index contributed by atoms with van der Waals surface area (Å²) in [6.07, 6.45) is -3.75. The van der Waals surface area contributed by atoms with Gasteiger partial charge >= 0.3 is 25.7 Å². The average molecular weight is 815 g/mol. The minimum absolute atomic E-state index is 0.106. The Hall–Kier alpha value is -4.71. The zero-order valence-electron chi connectivity index (χ0n) is 31.9. The fourth-order valence-electron chi connectivity index (χ4n) is 6.49. The second kappa shape index (κ2) is 18.7. The lowest BCUT2D eigenvalue weighted by Crippen LogP contribution is -2.51. The van der Waals surface area contributed by atoms with Crippen molar-refractivity contribution in [2.45, 2.75) is 56.8 Å². The predicted molar refractivity (Wildman–Crippen MR) is 198 cm³/mol. The van der Waals surface area contributed by atoms with Crippen molar-refractivity contribution in [3.8, 4) is 11.8 Å². The van der Waals surface area contributed by atoms with Crippen molar-refractivity contribution in [3.05, 3.63) is 54.5 Å². The number of nitrogens with zero attached hydrogens (tertiary/aromatic N) is 6. The highest BCUT2D eigenvalue weighted by Gasteiger charge is 2.62. The van der Waals surface area contributed by atoms with Gasteiger partial charge in [0.1, 0.15) is 42.4 Å². The monoisotopic (exact) mass is 814 g/mol. The number of anilines is 1. The van der Waals surface area contributed by atoms with Crippen molar-refractivity contribution in [2.24, 2.45) is 0 Å². The number of hydrogen-bond acceptors (Lipinski definition) is 18. The van der Waals surface area contributed by atoms with Crippen molar-refractivity contribution in [1.29, 1.82) is 5.26 Å². The first-order valence-corrected chi connectivity index (χ1v) is 20.1. The minimum atomic E-state index is -4.60. The van der Waals surface area contributed by atoms with Crippen LogP contribution in [0.3, 0.4) is 0 Å². The number of carbonyl (C=O) groups excluding carboxylic acids is 3. The molecule has 1 unspecified atom stereocenters. The van der Waals surface area contributed by atoms with Crippen LogP contribution in [0.25, 0.3) is 5.52 Å². The molecule has 3 saturated heterocycles. The Morgan fingerprint density at radius 3 is 2.23 bits per heavy atom. The largest absolute Gasteiger partial charge is 0.462 e. The average Bonchev–Trinajstić information content (AvgIpc) is 3.75. The highest BCUT2D eigenvalue weighted by atomic mass is 31.2.